The standard InChI is InChI=1S/C14H13BrN4O2/c1-8-2-4-11(10(15)6-8)18-14(20)12-5-3-9(7-17-12)13(16)19-21/h2-7,21H,1H3,(H2,16,19)(H,18,20). The van der Waals surface area contributed by atoms with Gasteiger partial charge in [0.15, 0.2) is 5.84 Å². The van der Waals surface area contributed by atoms with Gasteiger partial charge >= 0.3 is 0 Å². The van der Waals surface area contributed by atoms with E-state index < -0.39 is 0 Å². The van der Waals surface area contributed by atoms with Crippen LogP contribution in [0.15, 0.2) is 46.2 Å². The fraction of sp³-hybridized carbons (Fsp3) is 0.0714. The second-order valence-corrected chi connectivity index (χ2v) is 5.21. The number of carbonyl (C=O) groups excluding carboxylic acids is 1. The molecule has 2 aromatic rings. The number of hydrogen-bond acceptors (Lipinski definition) is 4. The lowest BCUT2D eigenvalue weighted by Crippen LogP contribution is -2.17. The van der Waals surface area contributed by atoms with Crippen molar-refractivity contribution in [2.45, 2.75) is 6.92 Å². The average Bonchev–Trinajstić information content (AvgIpc) is 2.49. The Morgan fingerprint density at radius 1 is 1.38 bits per heavy atom. The van der Waals surface area contributed by atoms with Gasteiger partial charge in [0.1, 0.15) is 5.69 Å². The molecule has 0 fully saturated rings. The number of nitrogens with one attached hydrogen (secondary N) is 1. The number of aryl methyl sites for hydroxylation is 1. The van der Waals surface area contributed by atoms with Crippen molar-refractivity contribution in [3.8, 4) is 0 Å². The molecule has 0 bridgehead atoms. The summed E-state index contributed by atoms with van der Waals surface area (Å²) in [5.41, 5.74) is 7.84. The summed E-state index contributed by atoms with van der Waals surface area (Å²) in [7, 11) is 0. The Labute approximate surface area is 129 Å². The molecule has 0 radical (unpaired) electrons. The first kappa shape index (κ1) is 15.0. The van der Waals surface area contributed by atoms with Crippen LogP contribution in [0.3, 0.4) is 0 Å². The molecule has 0 spiro atoms. The Hall–Kier alpha value is -2.41. The lowest BCUT2D eigenvalue weighted by Gasteiger charge is -2.08. The first-order valence-corrected chi connectivity index (χ1v) is 6.82. The number of nitrogens with zero attached hydrogens (tertiary/aromatic N) is 2. The molecule has 7 heteroatoms. The first-order chi connectivity index (χ1) is 10.0. The summed E-state index contributed by atoms with van der Waals surface area (Å²) in [6, 6.07) is 8.67. The Morgan fingerprint density at radius 2 is 2.14 bits per heavy atom. The molecule has 1 amide bonds. The summed E-state index contributed by atoms with van der Waals surface area (Å²) in [5, 5.41) is 14.2. The maximum absolute atomic E-state index is 12.1. The molecule has 2 rings (SSSR count). The van der Waals surface area contributed by atoms with Crippen LogP contribution in [0.2, 0.25) is 0 Å². The third kappa shape index (κ3) is 3.57. The van der Waals surface area contributed by atoms with Crippen molar-refractivity contribution in [1.29, 1.82) is 0 Å². The van der Waals surface area contributed by atoms with Crippen LogP contribution in [0, 0.1) is 6.92 Å². The van der Waals surface area contributed by atoms with Gasteiger partial charge in [-0.1, -0.05) is 11.2 Å². The number of nitrogens with two attached hydrogens (primary N) is 1. The van der Waals surface area contributed by atoms with E-state index in [1.165, 1.54) is 12.3 Å². The molecule has 21 heavy (non-hydrogen) atoms. The molecular formula is C14H13BrN4O2. The van der Waals surface area contributed by atoms with Gasteiger partial charge in [0.05, 0.1) is 5.69 Å². The molecule has 0 saturated heterocycles. The number of aromatic nitrogens is 1. The number of oxime groups is 1. The van der Waals surface area contributed by atoms with E-state index in [2.05, 4.69) is 31.4 Å². The average molecular weight is 349 g/mol. The number of pyridine rings is 1. The summed E-state index contributed by atoms with van der Waals surface area (Å²) in [5.74, 6) is -0.402. The van der Waals surface area contributed by atoms with E-state index in [9.17, 15) is 4.79 Å². The number of hydrogen-bond donors (Lipinski definition) is 3. The number of halogens is 1. The Kier molecular flexibility index (Phi) is 4.54. The van der Waals surface area contributed by atoms with Crippen LogP contribution in [-0.2, 0) is 0 Å². The summed E-state index contributed by atoms with van der Waals surface area (Å²) >= 11 is 3.39. The zero-order chi connectivity index (χ0) is 15.4. The molecule has 6 nitrogen and oxygen atoms in total. The Balaban J connectivity index is 2.17. The summed E-state index contributed by atoms with van der Waals surface area (Å²) in [6.07, 6.45) is 1.37. The summed E-state index contributed by atoms with van der Waals surface area (Å²) < 4.78 is 0.795. The zero-order valence-electron chi connectivity index (χ0n) is 11.2. The summed E-state index contributed by atoms with van der Waals surface area (Å²) in [4.78, 5) is 16.1. The van der Waals surface area contributed by atoms with Crippen molar-refractivity contribution in [2.24, 2.45) is 10.9 Å². The van der Waals surface area contributed by atoms with Crippen LogP contribution in [0.5, 0.6) is 0 Å². The Morgan fingerprint density at radius 3 is 2.71 bits per heavy atom. The number of amides is 1. The fourth-order valence-electron chi connectivity index (χ4n) is 1.65. The third-order valence-corrected chi connectivity index (χ3v) is 3.43. The smallest absolute Gasteiger partial charge is 0.274 e. The first-order valence-electron chi connectivity index (χ1n) is 6.02. The highest BCUT2D eigenvalue weighted by Crippen LogP contribution is 2.23. The zero-order valence-corrected chi connectivity index (χ0v) is 12.8. The van der Waals surface area contributed by atoms with Crippen molar-refractivity contribution >= 4 is 33.4 Å². The SMILES string of the molecule is Cc1ccc(NC(=O)c2ccc(C(N)=NO)cn2)c(Br)c1. The minimum absolute atomic E-state index is 0.0595. The monoisotopic (exact) mass is 348 g/mol. The molecule has 0 aliphatic carbocycles. The second-order valence-electron chi connectivity index (χ2n) is 4.35. The lowest BCUT2D eigenvalue weighted by atomic mass is 10.2. The van der Waals surface area contributed by atoms with E-state index >= 15 is 0 Å². The Bertz CT molecular complexity index is 699. The highest BCUT2D eigenvalue weighted by molar-refractivity contribution is 9.10. The van der Waals surface area contributed by atoms with Crippen molar-refractivity contribution in [3.63, 3.8) is 0 Å². The van der Waals surface area contributed by atoms with Gasteiger partial charge < -0.3 is 16.3 Å². The van der Waals surface area contributed by atoms with Gasteiger partial charge in [0, 0.05) is 16.2 Å². The van der Waals surface area contributed by atoms with Crippen molar-refractivity contribution in [1.82, 2.24) is 4.98 Å². The van der Waals surface area contributed by atoms with Crippen LogP contribution in [-0.4, -0.2) is 21.9 Å². The van der Waals surface area contributed by atoms with E-state index in [-0.39, 0.29) is 17.4 Å². The topological polar surface area (TPSA) is 101 Å². The van der Waals surface area contributed by atoms with Gasteiger partial charge in [-0.15, -0.1) is 0 Å². The quantitative estimate of drug-likeness (QED) is 0.343. The molecule has 1 heterocycles. The molecule has 0 atom stereocenters. The normalized spacial score (nSPS) is 11.2. The van der Waals surface area contributed by atoms with Crippen molar-refractivity contribution < 1.29 is 10.0 Å². The second kappa shape index (κ2) is 6.36. The van der Waals surface area contributed by atoms with Crippen LogP contribution >= 0.6 is 15.9 Å². The van der Waals surface area contributed by atoms with E-state index in [1.54, 1.807) is 6.07 Å². The number of amidine groups is 1. The minimum Gasteiger partial charge on any atom is -0.409 e. The van der Waals surface area contributed by atoms with E-state index in [0.717, 1.165) is 10.0 Å². The molecular weight excluding hydrogens is 336 g/mol. The van der Waals surface area contributed by atoms with E-state index in [0.29, 0.717) is 11.3 Å². The van der Waals surface area contributed by atoms with Crippen molar-refractivity contribution in [2.75, 3.05) is 5.32 Å². The largest absolute Gasteiger partial charge is 0.409 e. The van der Waals surface area contributed by atoms with E-state index in [1.807, 2.05) is 25.1 Å². The van der Waals surface area contributed by atoms with Gasteiger partial charge in [-0.05, 0) is 52.7 Å². The fourth-order valence-corrected chi connectivity index (χ4v) is 2.24. The van der Waals surface area contributed by atoms with E-state index in [4.69, 9.17) is 10.9 Å². The van der Waals surface area contributed by atoms with Crippen LogP contribution in [0.4, 0.5) is 5.69 Å². The highest BCUT2D eigenvalue weighted by Gasteiger charge is 2.10. The van der Waals surface area contributed by atoms with Crippen LogP contribution in [0.1, 0.15) is 21.6 Å². The number of carbonyl (C=O) groups is 1. The minimum atomic E-state index is -0.342. The molecule has 0 unspecified atom stereocenters. The van der Waals surface area contributed by atoms with Crippen LogP contribution in [0.25, 0.3) is 0 Å². The number of benzene rings is 1. The van der Waals surface area contributed by atoms with Crippen molar-refractivity contribution in [3.05, 3.63) is 57.8 Å². The van der Waals surface area contributed by atoms with Gasteiger partial charge in [-0.2, -0.15) is 0 Å². The highest BCUT2D eigenvalue weighted by atomic mass is 79.9. The molecule has 0 saturated carbocycles. The molecule has 108 valence electrons. The lowest BCUT2D eigenvalue weighted by molar-refractivity contribution is 0.102. The van der Waals surface area contributed by atoms with Gasteiger partial charge in [-0.3, -0.25) is 9.78 Å². The maximum Gasteiger partial charge on any atom is 0.274 e. The van der Waals surface area contributed by atoms with Gasteiger partial charge in [0.2, 0.25) is 0 Å². The number of rotatable bonds is 3. The number of anilines is 1. The van der Waals surface area contributed by atoms with Crippen LogP contribution < -0.4 is 11.1 Å². The summed E-state index contributed by atoms with van der Waals surface area (Å²) in [6.45, 7) is 1.96. The van der Waals surface area contributed by atoms with Gasteiger partial charge in [0.25, 0.3) is 5.91 Å². The molecule has 1 aromatic carbocycles. The van der Waals surface area contributed by atoms with Gasteiger partial charge in [-0.25, -0.2) is 0 Å². The molecule has 1 aromatic heterocycles. The molecule has 0 aliphatic rings. The predicted molar refractivity (Wildman–Crippen MR) is 83.6 cm³/mol. The third-order valence-electron chi connectivity index (χ3n) is 2.77. The maximum atomic E-state index is 12.1. The predicted octanol–water partition coefficient (Wildman–Crippen LogP) is 2.50. The molecule has 0 aliphatic heterocycles. The molecule has 4 N–H and O–H groups in total.